The van der Waals surface area contributed by atoms with E-state index in [0.29, 0.717) is 12.6 Å². The smallest absolute Gasteiger partial charge is 0.163 e. The first-order valence-corrected chi connectivity index (χ1v) is 7.41. The summed E-state index contributed by atoms with van der Waals surface area (Å²) in [4.78, 5) is 0. The lowest BCUT2D eigenvalue weighted by atomic mass is 10.1. The molecule has 0 bridgehead atoms. The van der Waals surface area contributed by atoms with Crippen LogP contribution in [0.1, 0.15) is 45.4 Å². The van der Waals surface area contributed by atoms with Crippen LogP contribution in [0.5, 0.6) is 11.5 Å². The Kier molecular flexibility index (Phi) is 5.37. The van der Waals surface area contributed by atoms with Gasteiger partial charge < -0.3 is 14.8 Å². The van der Waals surface area contributed by atoms with Gasteiger partial charge in [-0.25, -0.2) is 0 Å². The number of hydrogen-bond acceptors (Lipinski definition) is 3. The summed E-state index contributed by atoms with van der Waals surface area (Å²) in [6.45, 7) is 2.65. The average molecular weight is 263 g/mol. The van der Waals surface area contributed by atoms with E-state index in [1.165, 1.54) is 38.5 Å². The number of anilines is 1. The molecule has 19 heavy (non-hydrogen) atoms. The van der Waals surface area contributed by atoms with E-state index in [4.69, 9.17) is 9.47 Å². The molecule has 1 aliphatic carbocycles. The Morgan fingerprint density at radius 2 is 1.84 bits per heavy atom. The summed E-state index contributed by atoms with van der Waals surface area (Å²) in [6, 6.07) is 6.70. The van der Waals surface area contributed by atoms with Gasteiger partial charge in [-0.05, 0) is 31.9 Å². The highest BCUT2D eigenvalue weighted by molar-refractivity contribution is 5.55. The quantitative estimate of drug-likeness (QED) is 0.806. The molecule has 0 aliphatic heterocycles. The highest BCUT2D eigenvalue weighted by Gasteiger charge is 2.13. The molecule has 0 heterocycles. The maximum atomic E-state index is 5.62. The Morgan fingerprint density at radius 1 is 1.11 bits per heavy atom. The van der Waals surface area contributed by atoms with Gasteiger partial charge in [-0.15, -0.1) is 0 Å². The van der Waals surface area contributed by atoms with Crippen LogP contribution in [0.25, 0.3) is 0 Å². The first-order valence-electron chi connectivity index (χ1n) is 7.41. The molecule has 1 aromatic carbocycles. The number of ether oxygens (including phenoxy) is 2. The predicted molar refractivity (Wildman–Crippen MR) is 79.3 cm³/mol. The van der Waals surface area contributed by atoms with Crippen molar-refractivity contribution >= 4 is 5.69 Å². The third kappa shape index (κ3) is 4.05. The molecule has 0 unspecified atom stereocenters. The molecule has 3 nitrogen and oxygen atoms in total. The van der Waals surface area contributed by atoms with Crippen molar-refractivity contribution in [1.82, 2.24) is 0 Å². The van der Waals surface area contributed by atoms with E-state index in [-0.39, 0.29) is 0 Å². The predicted octanol–water partition coefficient (Wildman–Crippen LogP) is 4.23. The Balaban J connectivity index is 2.04. The summed E-state index contributed by atoms with van der Waals surface area (Å²) in [5.74, 6) is 1.62. The number of benzene rings is 1. The summed E-state index contributed by atoms with van der Waals surface area (Å²) in [5.41, 5.74) is 1.14. The Hall–Kier alpha value is -1.38. The van der Waals surface area contributed by atoms with Crippen LogP contribution in [0.2, 0.25) is 0 Å². The van der Waals surface area contributed by atoms with Gasteiger partial charge in [0.05, 0.1) is 13.7 Å². The standard InChI is InChI=1S/C16H25NO2/c1-3-19-16-12-14(10-11-15(16)18-2)17-13-8-6-4-5-7-9-13/h10-13,17H,3-9H2,1-2H3. The Labute approximate surface area is 116 Å². The first kappa shape index (κ1) is 14.0. The van der Waals surface area contributed by atoms with Crippen LogP contribution in [0.3, 0.4) is 0 Å². The lowest BCUT2D eigenvalue weighted by Crippen LogP contribution is -2.18. The van der Waals surface area contributed by atoms with Crippen molar-refractivity contribution in [2.24, 2.45) is 0 Å². The fraction of sp³-hybridized carbons (Fsp3) is 0.625. The van der Waals surface area contributed by atoms with Crippen molar-refractivity contribution in [3.8, 4) is 11.5 Å². The van der Waals surface area contributed by atoms with E-state index in [9.17, 15) is 0 Å². The molecule has 0 saturated heterocycles. The fourth-order valence-corrected chi connectivity index (χ4v) is 2.69. The second kappa shape index (κ2) is 7.27. The van der Waals surface area contributed by atoms with E-state index in [2.05, 4.69) is 11.4 Å². The number of rotatable bonds is 5. The van der Waals surface area contributed by atoms with Crippen molar-refractivity contribution in [3.63, 3.8) is 0 Å². The van der Waals surface area contributed by atoms with Crippen molar-refractivity contribution < 1.29 is 9.47 Å². The van der Waals surface area contributed by atoms with Crippen molar-refractivity contribution in [2.45, 2.75) is 51.5 Å². The first-order chi connectivity index (χ1) is 9.33. The summed E-state index contributed by atoms with van der Waals surface area (Å²) < 4.78 is 10.9. The Morgan fingerprint density at radius 3 is 2.47 bits per heavy atom. The molecule has 106 valence electrons. The maximum absolute atomic E-state index is 5.62. The van der Waals surface area contributed by atoms with Gasteiger partial charge in [-0.2, -0.15) is 0 Å². The van der Waals surface area contributed by atoms with Gasteiger partial charge in [-0.3, -0.25) is 0 Å². The topological polar surface area (TPSA) is 30.5 Å². The van der Waals surface area contributed by atoms with Crippen LogP contribution in [0.4, 0.5) is 5.69 Å². The van der Waals surface area contributed by atoms with Gasteiger partial charge in [0.2, 0.25) is 0 Å². The van der Waals surface area contributed by atoms with Gasteiger partial charge >= 0.3 is 0 Å². The molecule has 1 N–H and O–H groups in total. The molecule has 1 aliphatic rings. The van der Waals surface area contributed by atoms with Crippen molar-refractivity contribution in [2.75, 3.05) is 19.0 Å². The molecule has 2 rings (SSSR count). The number of nitrogens with one attached hydrogen (secondary N) is 1. The average Bonchev–Trinajstić information content (AvgIpc) is 2.68. The molecular formula is C16H25NO2. The van der Waals surface area contributed by atoms with E-state index in [1.807, 2.05) is 19.1 Å². The molecule has 3 heteroatoms. The van der Waals surface area contributed by atoms with Crippen LogP contribution in [-0.2, 0) is 0 Å². The highest BCUT2D eigenvalue weighted by Crippen LogP contribution is 2.31. The molecule has 1 fully saturated rings. The second-order valence-corrected chi connectivity index (χ2v) is 5.13. The normalized spacial score (nSPS) is 16.7. The van der Waals surface area contributed by atoms with Gasteiger partial charge in [0.15, 0.2) is 11.5 Å². The minimum absolute atomic E-state index is 0.602. The molecule has 0 aromatic heterocycles. The second-order valence-electron chi connectivity index (χ2n) is 5.13. The minimum atomic E-state index is 0.602. The summed E-state index contributed by atoms with van der Waals surface area (Å²) >= 11 is 0. The molecule has 1 saturated carbocycles. The monoisotopic (exact) mass is 263 g/mol. The third-order valence-corrected chi connectivity index (χ3v) is 3.69. The van der Waals surface area contributed by atoms with Crippen LogP contribution < -0.4 is 14.8 Å². The summed E-state index contributed by atoms with van der Waals surface area (Å²) in [5, 5.41) is 3.64. The molecule has 1 aromatic rings. The third-order valence-electron chi connectivity index (χ3n) is 3.69. The van der Waals surface area contributed by atoms with Crippen LogP contribution >= 0.6 is 0 Å². The molecule has 0 radical (unpaired) electrons. The van der Waals surface area contributed by atoms with Crippen LogP contribution in [0.15, 0.2) is 18.2 Å². The molecular weight excluding hydrogens is 238 g/mol. The largest absolute Gasteiger partial charge is 0.493 e. The Bertz CT molecular complexity index is 384. The van der Waals surface area contributed by atoms with Crippen molar-refractivity contribution in [3.05, 3.63) is 18.2 Å². The van der Waals surface area contributed by atoms with Crippen LogP contribution in [0, 0.1) is 0 Å². The van der Waals surface area contributed by atoms with Crippen LogP contribution in [-0.4, -0.2) is 19.8 Å². The van der Waals surface area contributed by atoms with Gasteiger partial charge in [0, 0.05) is 17.8 Å². The highest BCUT2D eigenvalue weighted by atomic mass is 16.5. The molecule has 0 amide bonds. The van der Waals surface area contributed by atoms with Crippen molar-refractivity contribution in [1.29, 1.82) is 0 Å². The van der Waals surface area contributed by atoms with Gasteiger partial charge in [0.25, 0.3) is 0 Å². The SMILES string of the molecule is CCOc1cc(NC2CCCCCC2)ccc1OC. The van der Waals surface area contributed by atoms with Gasteiger partial charge in [0.1, 0.15) is 0 Å². The lowest BCUT2D eigenvalue weighted by Gasteiger charge is -2.19. The van der Waals surface area contributed by atoms with E-state index >= 15 is 0 Å². The molecule has 0 spiro atoms. The van der Waals surface area contributed by atoms with E-state index < -0.39 is 0 Å². The minimum Gasteiger partial charge on any atom is -0.493 e. The lowest BCUT2D eigenvalue weighted by molar-refractivity contribution is 0.311. The summed E-state index contributed by atoms with van der Waals surface area (Å²) in [7, 11) is 1.68. The maximum Gasteiger partial charge on any atom is 0.163 e. The van der Waals surface area contributed by atoms with E-state index in [1.54, 1.807) is 7.11 Å². The van der Waals surface area contributed by atoms with E-state index in [0.717, 1.165) is 17.2 Å². The zero-order valence-corrected chi connectivity index (χ0v) is 12.1. The fourth-order valence-electron chi connectivity index (χ4n) is 2.69. The number of methoxy groups -OCH3 is 1. The zero-order chi connectivity index (χ0) is 13.5. The number of hydrogen-bond donors (Lipinski definition) is 1. The van der Waals surface area contributed by atoms with Gasteiger partial charge in [-0.1, -0.05) is 25.7 Å². The molecule has 0 atom stereocenters. The zero-order valence-electron chi connectivity index (χ0n) is 12.1. The summed E-state index contributed by atoms with van der Waals surface area (Å²) in [6.07, 6.45) is 7.99.